The van der Waals surface area contributed by atoms with Gasteiger partial charge in [0.1, 0.15) is 0 Å². The largest absolute Gasteiger partial charge is 2.00 e. The van der Waals surface area contributed by atoms with Crippen LogP contribution in [0.15, 0.2) is 0 Å². The zero-order valence-corrected chi connectivity index (χ0v) is 17.9. The third-order valence-corrected chi connectivity index (χ3v) is 0. The van der Waals surface area contributed by atoms with Gasteiger partial charge in [0.15, 0.2) is 0 Å². The fourth-order valence-corrected chi connectivity index (χ4v) is 0. The van der Waals surface area contributed by atoms with E-state index < -0.39 is 27.5 Å². The van der Waals surface area contributed by atoms with E-state index in [1.165, 1.54) is 0 Å². The van der Waals surface area contributed by atoms with Gasteiger partial charge in [-0.25, -0.2) is 0 Å². The SMILES string of the molecule is O.O.O=[Si]([O-])[O-].O=[Si]([O-])[O-].O=[Si]([O-])[O-].[Ca+2].[Ca+2].[Ca+2]. The molecule has 0 saturated heterocycles. The molecule has 17 heteroatoms. The zero-order valence-electron chi connectivity index (χ0n) is 8.30. The van der Waals surface area contributed by atoms with Crippen LogP contribution in [0.3, 0.4) is 0 Å². The van der Waals surface area contributed by atoms with E-state index in [0.717, 1.165) is 0 Å². The number of rotatable bonds is 0. The van der Waals surface area contributed by atoms with Crippen molar-refractivity contribution in [2.45, 2.75) is 0 Å². The molecule has 0 saturated carbocycles. The minimum absolute atomic E-state index is 0. The molecule has 0 aliphatic rings. The Morgan fingerprint density at radius 2 is 0.471 bits per heavy atom. The van der Waals surface area contributed by atoms with Crippen LogP contribution in [0.2, 0.25) is 0 Å². The fourth-order valence-electron chi connectivity index (χ4n) is 0. The Kier molecular flexibility index (Phi) is 127. The van der Waals surface area contributed by atoms with Crippen LogP contribution in [0.25, 0.3) is 0 Å². The van der Waals surface area contributed by atoms with Crippen LogP contribution in [0.1, 0.15) is 0 Å². The van der Waals surface area contributed by atoms with E-state index in [1.54, 1.807) is 0 Å². The average Bonchev–Trinajstić information content (AvgIpc) is 1.54. The Bertz CT molecular complexity index is 120. The maximum absolute atomic E-state index is 8.52. The summed E-state index contributed by atoms with van der Waals surface area (Å²) < 4.78 is 25.6. The van der Waals surface area contributed by atoms with Crippen LogP contribution in [-0.4, -0.2) is 152 Å². The molecule has 0 heterocycles. The maximum atomic E-state index is 8.52. The van der Waals surface area contributed by atoms with Gasteiger partial charge < -0.3 is 53.1 Å². The van der Waals surface area contributed by atoms with Crippen LogP contribution in [0, 0.1) is 0 Å². The third kappa shape index (κ3) is 781. The van der Waals surface area contributed by atoms with Gasteiger partial charge in [0, 0.05) is 27.5 Å². The Labute approximate surface area is 190 Å². The smallest absolute Gasteiger partial charge is 0.672 e. The molecule has 0 aromatic carbocycles. The second kappa shape index (κ2) is 42.8. The molecule has 0 fully saturated rings. The second-order valence-electron chi connectivity index (χ2n) is 0.750. The van der Waals surface area contributed by atoms with Crippen LogP contribution in [0.5, 0.6) is 0 Å². The predicted octanol–water partition coefficient (Wildman–Crippen LogP) is -11.4. The van der Waals surface area contributed by atoms with E-state index in [1.807, 2.05) is 0 Å². The molecule has 0 aliphatic carbocycles. The Balaban J connectivity index is -0.0000000104. The molecule has 88 valence electrons. The molecule has 11 nitrogen and oxygen atoms in total. The minimum atomic E-state index is -3.63. The van der Waals surface area contributed by atoms with Crippen molar-refractivity contribution in [1.82, 2.24) is 0 Å². The normalized spacial score (nSPS) is 4.24. The molecule has 17 heavy (non-hydrogen) atoms. The van der Waals surface area contributed by atoms with E-state index in [0.29, 0.717) is 0 Å². The van der Waals surface area contributed by atoms with Gasteiger partial charge in [-0.1, -0.05) is 0 Å². The van der Waals surface area contributed by atoms with Crippen LogP contribution in [0.4, 0.5) is 0 Å². The van der Waals surface area contributed by atoms with E-state index in [-0.39, 0.29) is 124 Å². The molecule has 0 aliphatic heterocycles. The van der Waals surface area contributed by atoms with Gasteiger partial charge in [-0.05, 0) is 0 Å². The summed E-state index contributed by atoms with van der Waals surface area (Å²) in [4.78, 5) is 51.1. The first kappa shape index (κ1) is 50.4. The Morgan fingerprint density at radius 1 is 0.471 bits per heavy atom. The topological polar surface area (TPSA) is 253 Å². The maximum Gasteiger partial charge on any atom is 2.00 e. The Morgan fingerprint density at radius 3 is 0.471 bits per heavy atom. The van der Waals surface area contributed by atoms with Crippen molar-refractivity contribution in [1.29, 1.82) is 0 Å². The summed E-state index contributed by atoms with van der Waals surface area (Å²) in [5.74, 6) is 0. The molecule has 0 amide bonds. The summed E-state index contributed by atoms with van der Waals surface area (Å²) in [6.45, 7) is 0. The van der Waals surface area contributed by atoms with Crippen LogP contribution >= 0.6 is 0 Å². The molecular formula is H4Ca3O11Si3. The van der Waals surface area contributed by atoms with Crippen molar-refractivity contribution < 1.29 is 53.1 Å². The monoisotopic (exact) mass is 384 g/mol. The van der Waals surface area contributed by atoms with Crippen molar-refractivity contribution >= 4 is 141 Å². The van der Waals surface area contributed by atoms with E-state index in [2.05, 4.69) is 0 Å². The summed E-state index contributed by atoms with van der Waals surface area (Å²) in [5, 5.41) is 0. The molecule has 0 aromatic rings. The molecule has 0 atom stereocenters. The summed E-state index contributed by atoms with van der Waals surface area (Å²) in [6, 6.07) is 0. The quantitative estimate of drug-likeness (QED) is 0.358. The number of hydrogen-bond donors (Lipinski definition) is 0. The van der Waals surface area contributed by atoms with Crippen molar-refractivity contribution in [2.24, 2.45) is 0 Å². The van der Waals surface area contributed by atoms with Gasteiger partial charge in [0.25, 0.3) is 0 Å². The second-order valence-corrected chi connectivity index (χ2v) is 2.25. The number of hydrogen-bond acceptors (Lipinski definition) is 9. The molecule has 0 unspecified atom stereocenters. The minimum Gasteiger partial charge on any atom is -0.672 e. The van der Waals surface area contributed by atoms with E-state index in [9.17, 15) is 0 Å². The molecule has 4 N–H and O–H groups in total. The van der Waals surface area contributed by atoms with Crippen molar-refractivity contribution in [2.75, 3.05) is 0 Å². The first-order chi connectivity index (χ1) is 5.20. The molecule has 0 bridgehead atoms. The van der Waals surface area contributed by atoms with Gasteiger partial charge in [0.2, 0.25) is 0 Å². The van der Waals surface area contributed by atoms with Crippen LogP contribution < -0.4 is 28.8 Å². The van der Waals surface area contributed by atoms with Gasteiger partial charge in [0.05, 0.1) is 0 Å². The van der Waals surface area contributed by atoms with Crippen LogP contribution in [-0.2, 0) is 13.4 Å². The van der Waals surface area contributed by atoms with Crippen molar-refractivity contribution in [3.8, 4) is 0 Å². The Hall–Kier alpha value is 2.55. The summed E-state index contributed by atoms with van der Waals surface area (Å²) in [5.41, 5.74) is 0. The van der Waals surface area contributed by atoms with E-state index >= 15 is 0 Å². The molecule has 0 aromatic heterocycles. The summed E-state index contributed by atoms with van der Waals surface area (Å²) in [7, 11) is -10.9. The molecule has 0 radical (unpaired) electrons. The van der Waals surface area contributed by atoms with Gasteiger partial charge in [-0.15, -0.1) is 0 Å². The zero-order chi connectivity index (χ0) is 10.7. The third-order valence-electron chi connectivity index (χ3n) is 0. The van der Waals surface area contributed by atoms with Gasteiger partial charge in [-0.3, -0.25) is 0 Å². The molecular weight excluding hydrogens is 380 g/mol. The van der Waals surface area contributed by atoms with Crippen molar-refractivity contribution in [3.63, 3.8) is 0 Å². The molecule has 0 spiro atoms. The average molecular weight is 385 g/mol. The standard InChI is InChI=1S/3Ca.3O3Si.2H2O/c;;;3*1-4(2)3;;/h;;;;;;2*1H2/q3*+2;3*-2;;. The van der Waals surface area contributed by atoms with Crippen molar-refractivity contribution in [3.05, 3.63) is 0 Å². The predicted molar refractivity (Wildman–Crippen MR) is 43.8 cm³/mol. The van der Waals surface area contributed by atoms with Gasteiger partial charge in [-0.2, -0.15) is 0 Å². The summed E-state index contributed by atoms with van der Waals surface area (Å²) in [6.07, 6.45) is 0. The summed E-state index contributed by atoms with van der Waals surface area (Å²) >= 11 is 0. The fraction of sp³-hybridized carbons (Fsp3) is 0. The van der Waals surface area contributed by atoms with Gasteiger partial charge >= 0.3 is 113 Å². The van der Waals surface area contributed by atoms with E-state index in [4.69, 9.17) is 42.2 Å². The first-order valence-electron chi connectivity index (χ1n) is 1.84. The first-order valence-corrected chi connectivity index (χ1v) is 5.51. The molecule has 0 rings (SSSR count).